The molecule has 1 aliphatic rings. The fraction of sp³-hybridized carbons (Fsp3) is 0.333. The van der Waals surface area contributed by atoms with E-state index < -0.39 is 0 Å². The highest BCUT2D eigenvalue weighted by molar-refractivity contribution is 5.59. The molecular formula is C9H12N2O. The van der Waals surface area contributed by atoms with Crippen LogP contribution in [0.1, 0.15) is 0 Å². The molecule has 0 atom stereocenters. The summed E-state index contributed by atoms with van der Waals surface area (Å²) in [6, 6.07) is 7.97. The Morgan fingerprint density at radius 2 is 2.25 bits per heavy atom. The van der Waals surface area contributed by atoms with Crippen molar-refractivity contribution in [3.63, 3.8) is 0 Å². The van der Waals surface area contributed by atoms with Crippen molar-refractivity contribution in [2.24, 2.45) is 5.73 Å². The van der Waals surface area contributed by atoms with Crippen LogP contribution in [0.25, 0.3) is 0 Å². The van der Waals surface area contributed by atoms with E-state index in [1.807, 2.05) is 24.3 Å². The van der Waals surface area contributed by atoms with Gasteiger partial charge in [-0.1, -0.05) is 12.1 Å². The Balaban J connectivity index is 2.37. The van der Waals surface area contributed by atoms with E-state index in [0.717, 1.165) is 24.6 Å². The van der Waals surface area contributed by atoms with Crippen LogP contribution < -0.4 is 15.4 Å². The van der Waals surface area contributed by atoms with Crippen molar-refractivity contribution in [2.45, 2.75) is 0 Å². The lowest BCUT2D eigenvalue weighted by molar-refractivity contribution is 0.308. The maximum Gasteiger partial charge on any atom is 0.142 e. The predicted octanol–water partition coefficient (Wildman–Crippen LogP) is 0.802. The van der Waals surface area contributed by atoms with Crippen LogP contribution in [0.2, 0.25) is 0 Å². The molecule has 0 spiro atoms. The van der Waals surface area contributed by atoms with Gasteiger partial charge in [0.15, 0.2) is 0 Å². The molecule has 3 heteroatoms. The van der Waals surface area contributed by atoms with Gasteiger partial charge in [0.25, 0.3) is 0 Å². The molecule has 0 unspecified atom stereocenters. The Morgan fingerprint density at radius 3 is 3.08 bits per heavy atom. The molecule has 0 amide bonds. The van der Waals surface area contributed by atoms with Gasteiger partial charge in [0.2, 0.25) is 0 Å². The summed E-state index contributed by atoms with van der Waals surface area (Å²) in [4.78, 5) is 2.11. The highest BCUT2D eigenvalue weighted by atomic mass is 16.5. The molecule has 0 saturated carbocycles. The average Bonchev–Trinajstić information content (AvgIpc) is 2.17. The average molecular weight is 164 g/mol. The van der Waals surface area contributed by atoms with Gasteiger partial charge in [-0.25, -0.2) is 0 Å². The number of fused-ring (bicyclic) bond motifs is 1. The van der Waals surface area contributed by atoms with Gasteiger partial charge < -0.3 is 15.4 Å². The Kier molecular flexibility index (Phi) is 1.87. The molecule has 1 aliphatic heterocycles. The molecular weight excluding hydrogens is 152 g/mol. The number of para-hydroxylation sites is 2. The van der Waals surface area contributed by atoms with Crippen LogP contribution in [-0.2, 0) is 0 Å². The molecule has 1 heterocycles. The summed E-state index contributed by atoms with van der Waals surface area (Å²) in [5, 5.41) is 0. The van der Waals surface area contributed by atoms with Gasteiger partial charge in [-0.3, -0.25) is 0 Å². The number of hydrogen-bond acceptors (Lipinski definition) is 3. The lowest BCUT2D eigenvalue weighted by atomic mass is 10.2. The number of rotatable bonds is 1. The molecule has 2 N–H and O–H groups in total. The van der Waals surface area contributed by atoms with Crippen LogP contribution in [0.4, 0.5) is 5.69 Å². The van der Waals surface area contributed by atoms with Crippen LogP contribution >= 0.6 is 0 Å². The zero-order valence-electron chi connectivity index (χ0n) is 6.86. The maximum atomic E-state index is 5.59. The second-order valence-electron chi connectivity index (χ2n) is 2.76. The van der Waals surface area contributed by atoms with Crippen molar-refractivity contribution >= 4 is 5.69 Å². The molecule has 3 nitrogen and oxygen atoms in total. The number of ether oxygens (including phenoxy) is 1. The van der Waals surface area contributed by atoms with Crippen molar-refractivity contribution in [3.8, 4) is 5.75 Å². The van der Waals surface area contributed by atoms with Gasteiger partial charge in [0.05, 0.1) is 18.9 Å². The molecule has 0 fully saturated rings. The largest absolute Gasteiger partial charge is 0.490 e. The standard InChI is InChI=1S/C9H12N2O/c10-7-11-5-6-12-9-4-2-1-3-8(9)11/h1-4H,5-7,10H2. The van der Waals surface area contributed by atoms with Crippen molar-refractivity contribution in [2.75, 3.05) is 24.7 Å². The zero-order chi connectivity index (χ0) is 8.39. The first kappa shape index (κ1) is 7.43. The van der Waals surface area contributed by atoms with E-state index in [0.29, 0.717) is 6.67 Å². The van der Waals surface area contributed by atoms with Gasteiger partial charge in [0.1, 0.15) is 12.4 Å². The van der Waals surface area contributed by atoms with E-state index >= 15 is 0 Å². The Morgan fingerprint density at radius 1 is 1.42 bits per heavy atom. The summed E-state index contributed by atoms with van der Waals surface area (Å²) in [6.07, 6.45) is 0. The van der Waals surface area contributed by atoms with E-state index in [-0.39, 0.29) is 0 Å². The fourth-order valence-electron chi connectivity index (χ4n) is 1.42. The maximum absolute atomic E-state index is 5.59. The minimum atomic E-state index is 0.556. The predicted molar refractivity (Wildman–Crippen MR) is 48.3 cm³/mol. The third-order valence-electron chi connectivity index (χ3n) is 2.05. The van der Waals surface area contributed by atoms with E-state index in [1.165, 1.54) is 0 Å². The lowest BCUT2D eigenvalue weighted by Gasteiger charge is -2.29. The third kappa shape index (κ3) is 1.12. The SMILES string of the molecule is NCN1CCOc2ccccc21. The van der Waals surface area contributed by atoms with Gasteiger partial charge in [-0.2, -0.15) is 0 Å². The quantitative estimate of drug-likeness (QED) is 0.667. The van der Waals surface area contributed by atoms with Crippen LogP contribution in [0.15, 0.2) is 24.3 Å². The smallest absolute Gasteiger partial charge is 0.142 e. The number of nitrogens with two attached hydrogens (primary N) is 1. The van der Waals surface area contributed by atoms with Crippen LogP contribution in [-0.4, -0.2) is 19.8 Å². The fourth-order valence-corrected chi connectivity index (χ4v) is 1.42. The molecule has 0 bridgehead atoms. The summed E-state index contributed by atoms with van der Waals surface area (Å²) in [7, 11) is 0. The van der Waals surface area contributed by atoms with Gasteiger partial charge >= 0.3 is 0 Å². The van der Waals surface area contributed by atoms with E-state index in [1.54, 1.807) is 0 Å². The monoisotopic (exact) mass is 164 g/mol. The van der Waals surface area contributed by atoms with Gasteiger partial charge in [-0.15, -0.1) is 0 Å². The minimum Gasteiger partial charge on any atom is -0.490 e. The summed E-state index contributed by atoms with van der Waals surface area (Å²) in [5.74, 6) is 0.939. The molecule has 1 aromatic rings. The molecule has 0 aromatic heterocycles. The minimum absolute atomic E-state index is 0.556. The first-order valence-electron chi connectivity index (χ1n) is 4.08. The van der Waals surface area contributed by atoms with Crippen molar-refractivity contribution in [1.29, 1.82) is 0 Å². The summed E-state index contributed by atoms with van der Waals surface area (Å²) < 4.78 is 5.46. The summed E-state index contributed by atoms with van der Waals surface area (Å²) >= 11 is 0. The highest BCUT2D eigenvalue weighted by Gasteiger charge is 2.14. The van der Waals surface area contributed by atoms with Gasteiger partial charge in [0, 0.05) is 0 Å². The number of benzene rings is 1. The van der Waals surface area contributed by atoms with Crippen molar-refractivity contribution in [3.05, 3.63) is 24.3 Å². The molecule has 12 heavy (non-hydrogen) atoms. The van der Waals surface area contributed by atoms with E-state index in [9.17, 15) is 0 Å². The molecule has 1 aromatic carbocycles. The molecule has 0 aliphatic carbocycles. The first-order chi connectivity index (χ1) is 5.92. The van der Waals surface area contributed by atoms with Crippen LogP contribution in [0, 0.1) is 0 Å². The zero-order valence-corrected chi connectivity index (χ0v) is 6.86. The summed E-state index contributed by atoms with van der Waals surface area (Å²) in [6.45, 7) is 2.17. The summed E-state index contributed by atoms with van der Waals surface area (Å²) in [5.41, 5.74) is 6.69. The topological polar surface area (TPSA) is 38.5 Å². The highest BCUT2D eigenvalue weighted by Crippen LogP contribution is 2.29. The van der Waals surface area contributed by atoms with E-state index in [2.05, 4.69) is 4.90 Å². The third-order valence-corrected chi connectivity index (χ3v) is 2.05. The number of anilines is 1. The Labute approximate surface area is 71.7 Å². The second-order valence-corrected chi connectivity index (χ2v) is 2.76. The van der Waals surface area contributed by atoms with Crippen molar-refractivity contribution < 1.29 is 4.74 Å². The Hall–Kier alpha value is -1.22. The first-order valence-corrected chi connectivity index (χ1v) is 4.08. The van der Waals surface area contributed by atoms with Gasteiger partial charge in [-0.05, 0) is 12.1 Å². The number of hydrogen-bond donors (Lipinski definition) is 1. The van der Waals surface area contributed by atoms with Crippen LogP contribution in [0.3, 0.4) is 0 Å². The lowest BCUT2D eigenvalue weighted by Crippen LogP contribution is -2.36. The molecule has 2 rings (SSSR count). The molecule has 0 radical (unpaired) electrons. The van der Waals surface area contributed by atoms with Crippen LogP contribution in [0.5, 0.6) is 5.75 Å². The molecule has 64 valence electrons. The second kappa shape index (κ2) is 3.03. The van der Waals surface area contributed by atoms with E-state index in [4.69, 9.17) is 10.5 Å². The van der Waals surface area contributed by atoms with Crippen molar-refractivity contribution in [1.82, 2.24) is 0 Å². The Bertz CT molecular complexity index is 275. The normalized spacial score (nSPS) is 15.2. The molecule has 0 saturated heterocycles. The number of nitrogens with zero attached hydrogens (tertiary/aromatic N) is 1.